The van der Waals surface area contributed by atoms with Crippen LogP contribution in [0.2, 0.25) is 0 Å². The minimum absolute atomic E-state index is 0.142. The maximum absolute atomic E-state index is 13.3. The fourth-order valence-corrected chi connectivity index (χ4v) is 3.08. The number of benzene rings is 1. The number of pyridine rings is 1. The average Bonchev–Trinajstić information content (AvgIpc) is 3.28. The Kier molecular flexibility index (Phi) is 4.23. The van der Waals surface area contributed by atoms with Crippen molar-refractivity contribution in [1.29, 1.82) is 0 Å². The first-order valence-electron chi connectivity index (χ1n) is 8.09. The lowest BCUT2D eigenvalue weighted by atomic mass is 10.1. The first-order valence-corrected chi connectivity index (χ1v) is 8.09. The van der Waals surface area contributed by atoms with E-state index in [-0.39, 0.29) is 5.92 Å². The molecule has 128 valence electrons. The smallest absolute Gasteiger partial charge is 0.249 e. The number of aromatic nitrogens is 3. The van der Waals surface area contributed by atoms with Gasteiger partial charge in [0, 0.05) is 25.5 Å². The molecule has 3 aromatic rings. The molecule has 4 rings (SSSR count). The number of hydrogen-bond donors (Lipinski definition) is 0. The van der Waals surface area contributed by atoms with Gasteiger partial charge in [-0.2, -0.15) is 0 Å². The first kappa shape index (κ1) is 15.8. The summed E-state index contributed by atoms with van der Waals surface area (Å²) in [5.74, 6) is -0.430. The van der Waals surface area contributed by atoms with Crippen LogP contribution in [0, 0.1) is 11.6 Å². The van der Waals surface area contributed by atoms with E-state index in [9.17, 15) is 8.78 Å². The normalized spacial score (nSPS) is 17.9. The van der Waals surface area contributed by atoms with Gasteiger partial charge in [-0.15, -0.1) is 10.2 Å². The van der Waals surface area contributed by atoms with Gasteiger partial charge in [-0.3, -0.25) is 9.88 Å². The zero-order valence-corrected chi connectivity index (χ0v) is 13.4. The van der Waals surface area contributed by atoms with Crippen LogP contribution in [0.3, 0.4) is 0 Å². The SMILES string of the molecule is Fc1ccc(CN2CCC(c3nnc(-c4cccnc4)o3)C2)cc1F. The summed E-state index contributed by atoms with van der Waals surface area (Å²) in [6.45, 7) is 2.15. The quantitative estimate of drug-likeness (QED) is 0.727. The predicted molar refractivity (Wildman–Crippen MR) is 86.5 cm³/mol. The Bertz CT molecular complexity index is 869. The molecule has 1 unspecified atom stereocenters. The molecule has 25 heavy (non-hydrogen) atoms. The Morgan fingerprint density at radius 3 is 2.88 bits per heavy atom. The van der Waals surface area contributed by atoms with E-state index in [4.69, 9.17) is 4.42 Å². The van der Waals surface area contributed by atoms with Crippen molar-refractivity contribution in [1.82, 2.24) is 20.1 Å². The molecular formula is C18H16F2N4O. The molecule has 0 N–H and O–H groups in total. The second-order valence-electron chi connectivity index (χ2n) is 6.16. The molecule has 1 aliphatic rings. The number of halogens is 2. The molecule has 7 heteroatoms. The van der Waals surface area contributed by atoms with E-state index in [2.05, 4.69) is 20.1 Å². The van der Waals surface area contributed by atoms with Gasteiger partial charge in [0.1, 0.15) is 0 Å². The second kappa shape index (κ2) is 6.68. The number of nitrogens with zero attached hydrogens (tertiary/aromatic N) is 4. The molecule has 0 bridgehead atoms. The molecule has 3 heterocycles. The zero-order chi connectivity index (χ0) is 17.2. The van der Waals surface area contributed by atoms with Crippen molar-refractivity contribution in [2.45, 2.75) is 18.9 Å². The summed E-state index contributed by atoms with van der Waals surface area (Å²) < 4.78 is 32.1. The Morgan fingerprint density at radius 2 is 2.08 bits per heavy atom. The van der Waals surface area contributed by atoms with Crippen molar-refractivity contribution in [3.8, 4) is 11.5 Å². The third-order valence-electron chi connectivity index (χ3n) is 4.36. The van der Waals surface area contributed by atoms with E-state index >= 15 is 0 Å². The van der Waals surface area contributed by atoms with E-state index < -0.39 is 11.6 Å². The third kappa shape index (κ3) is 3.41. The molecule has 1 atom stereocenters. The lowest BCUT2D eigenvalue weighted by molar-refractivity contribution is 0.319. The topological polar surface area (TPSA) is 55.1 Å². The molecule has 0 spiro atoms. The Labute approximate surface area is 143 Å². The average molecular weight is 342 g/mol. The standard InChI is InChI=1S/C18H16F2N4O/c19-15-4-3-12(8-16(15)20)10-24-7-5-14(11-24)18-23-22-17(25-18)13-2-1-6-21-9-13/h1-4,6,8-9,14H,5,7,10-11H2. The van der Waals surface area contributed by atoms with Gasteiger partial charge in [0.15, 0.2) is 11.6 Å². The predicted octanol–water partition coefficient (Wildman–Crippen LogP) is 3.40. The number of rotatable bonds is 4. The molecule has 0 amide bonds. The van der Waals surface area contributed by atoms with E-state index in [1.54, 1.807) is 18.5 Å². The van der Waals surface area contributed by atoms with Crippen LogP contribution in [0.5, 0.6) is 0 Å². The summed E-state index contributed by atoms with van der Waals surface area (Å²) in [7, 11) is 0. The van der Waals surface area contributed by atoms with Crippen molar-refractivity contribution in [2.75, 3.05) is 13.1 Å². The van der Waals surface area contributed by atoms with Crippen LogP contribution in [0.15, 0.2) is 47.1 Å². The number of likely N-dealkylation sites (tertiary alicyclic amines) is 1. The molecule has 0 aliphatic carbocycles. The Morgan fingerprint density at radius 1 is 1.16 bits per heavy atom. The Hall–Kier alpha value is -2.67. The molecule has 1 aliphatic heterocycles. The molecule has 0 radical (unpaired) electrons. The molecule has 0 saturated carbocycles. The van der Waals surface area contributed by atoms with Gasteiger partial charge in [-0.05, 0) is 42.8 Å². The summed E-state index contributed by atoms with van der Waals surface area (Å²) in [5.41, 5.74) is 1.54. The molecule has 5 nitrogen and oxygen atoms in total. The molecular weight excluding hydrogens is 326 g/mol. The molecule has 1 aromatic carbocycles. The maximum Gasteiger partial charge on any atom is 0.249 e. The van der Waals surface area contributed by atoms with E-state index in [0.29, 0.717) is 18.3 Å². The van der Waals surface area contributed by atoms with Gasteiger partial charge in [-0.1, -0.05) is 6.07 Å². The minimum Gasteiger partial charge on any atom is -0.420 e. The number of hydrogen-bond acceptors (Lipinski definition) is 5. The molecule has 2 aromatic heterocycles. The van der Waals surface area contributed by atoms with Crippen molar-refractivity contribution < 1.29 is 13.2 Å². The van der Waals surface area contributed by atoms with E-state index in [0.717, 1.165) is 36.7 Å². The van der Waals surface area contributed by atoms with Crippen molar-refractivity contribution in [3.05, 3.63) is 65.8 Å². The van der Waals surface area contributed by atoms with Gasteiger partial charge >= 0.3 is 0 Å². The Balaban J connectivity index is 1.42. The zero-order valence-electron chi connectivity index (χ0n) is 13.4. The van der Waals surface area contributed by atoms with Crippen LogP contribution in [-0.2, 0) is 6.54 Å². The van der Waals surface area contributed by atoms with Crippen molar-refractivity contribution in [2.24, 2.45) is 0 Å². The minimum atomic E-state index is -0.822. The van der Waals surface area contributed by atoms with Crippen molar-refractivity contribution >= 4 is 0 Å². The highest BCUT2D eigenvalue weighted by molar-refractivity contribution is 5.50. The fraction of sp³-hybridized carbons (Fsp3) is 0.278. The van der Waals surface area contributed by atoms with Gasteiger partial charge in [0.25, 0.3) is 0 Å². The van der Waals surface area contributed by atoms with Gasteiger partial charge in [-0.25, -0.2) is 8.78 Å². The summed E-state index contributed by atoms with van der Waals surface area (Å²) >= 11 is 0. The summed E-state index contributed by atoms with van der Waals surface area (Å²) in [4.78, 5) is 6.22. The largest absolute Gasteiger partial charge is 0.420 e. The van der Waals surface area contributed by atoms with Gasteiger partial charge < -0.3 is 4.42 Å². The van der Waals surface area contributed by atoms with Crippen LogP contribution in [0.25, 0.3) is 11.5 Å². The van der Waals surface area contributed by atoms with Crippen molar-refractivity contribution in [3.63, 3.8) is 0 Å². The van der Waals surface area contributed by atoms with Crippen LogP contribution < -0.4 is 0 Å². The van der Waals surface area contributed by atoms with E-state index in [1.807, 2.05) is 12.1 Å². The first-order chi connectivity index (χ1) is 12.2. The molecule has 1 fully saturated rings. The van der Waals surface area contributed by atoms with E-state index in [1.165, 1.54) is 6.07 Å². The lowest BCUT2D eigenvalue weighted by Gasteiger charge is -2.15. The van der Waals surface area contributed by atoms with Crippen LogP contribution >= 0.6 is 0 Å². The molecule has 1 saturated heterocycles. The van der Waals surface area contributed by atoms with Gasteiger partial charge in [0.05, 0.1) is 11.5 Å². The van der Waals surface area contributed by atoms with Gasteiger partial charge in [0.2, 0.25) is 11.8 Å². The highest BCUT2D eigenvalue weighted by atomic mass is 19.2. The summed E-state index contributed by atoms with van der Waals surface area (Å²) in [5, 5.41) is 8.26. The third-order valence-corrected chi connectivity index (χ3v) is 4.36. The second-order valence-corrected chi connectivity index (χ2v) is 6.16. The fourth-order valence-electron chi connectivity index (χ4n) is 3.08. The lowest BCUT2D eigenvalue weighted by Crippen LogP contribution is -2.20. The highest BCUT2D eigenvalue weighted by Crippen LogP contribution is 2.29. The van der Waals surface area contributed by atoms with Crippen LogP contribution in [-0.4, -0.2) is 33.2 Å². The maximum atomic E-state index is 13.3. The monoisotopic (exact) mass is 342 g/mol. The summed E-state index contributed by atoms with van der Waals surface area (Å²) in [6, 6.07) is 7.71. The summed E-state index contributed by atoms with van der Waals surface area (Å²) in [6.07, 6.45) is 4.26. The van der Waals surface area contributed by atoms with Crippen LogP contribution in [0.4, 0.5) is 8.78 Å². The highest BCUT2D eigenvalue weighted by Gasteiger charge is 2.28. The van der Waals surface area contributed by atoms with Crippen LogP contribution in [0.1, 0.15) is 23.8 Å².